The van der Waals surface area contributed by atoms with Crippen LogP contribution < -0.4 is 0 Å². The van der Waals surface area contributed by atoms with Crippen LogP contribution in [-0.4, -0.2) is 27.8 Å². The van der Waals surface area contributed by atoms with E-state index in [1.165, 1.54) is 19.3 Å². The Bertz CT molecular complexity index is 976. The fourth-order valence-corrected chi connectivity index (χ4v) is 3.44. The summed E-state index contributed by atoms with van der Waals surface area (Å²) in [6.45, 7) is 5.26. The van der Waals surface area contributed by atoms with E-state index in [1.54, 1.807) is 33.2 Å². The number of allylic oxidation sites excluding steroid dienone is 1. The number of aromatic nitrogens is 3. The van der Waals surface area contributed by atoms with Gasteiger partial charge < -0.3 is 4.74 Å². The van der Waals surface area contributed by atoms with Crippen LogP contribution in [0.2, 0.25) is 0 Å². The Balaban J connectivity index is 2.28. The van der Waals surface area contributed by atoms with E-state index < -0.39 is 16.8 Å². The molecule has 0 spiro atoms. The minimum absolute atomic E-state index is 0.00494. The van der Waals surface area contributed by atoms with Crippen molar-refractivity contribution in [3.8, 4) is 17.2 Å². The van der Waals surface area contributed by atoms with Crippen LogP contribution in [0.5, 0.6) is 0 Å². The molecule has 7 heteroatoms. The fourth-order valence-electron chi connectivity index (χ4n) is 3.44. The topological polar surface area (TPSA) is 88.8 Å². The van der Waals surface area contributed by atoms with Gasteiger partial charge in [-0.2, -0.15) is 5.26 Å². The predicted octanol–water partition coefficient (Wildman–Crippen LogP) is 3.28. The van der Waals surface area contributed by atoms with Gasteiger partial charge in [0.25, 0.3) is 0 Å². The number of aryl methyl sites for hydroxylation is 1. The summed E-state index contributed by atoms with van der Waals surface area (Å²) in [7, 11) is 1.48. The number of ketones is 1. The second-order valence-electron chi connectivity index (χ2n) is 7.22. The number of Topliss-reactive ketones (excluding diaryl/α,β-unsaturated/α-hetero) is 1. The van der Waals surface area contributed by atoms with Crippen LogP contribution in [0.1, 0.15) is 31.8 Å². The zero-order valence-electron chi connectivity index (χ0n) is 15.6. The highest BCUT2D eigenvalue weighted by Gasteiger charge is 2.48. The Morgan fingerprint density at radius 1 is 1.22 bits per heavy atom. The fraction of sp³-hybridized carbons (Fsp3) is 0.350. The molecule has 138 valence electrons. The average molecular weight is 366 g/mol. The lowest BCUT2D eigenvalue weighted by Crippen LogP contribution is -2.43. The Kier molecular flexibility index (Phi) is 4.62. The van der Waals surface area contributed by atoms with E-state index in [4.69, 9.17) is 4.74 Å². The van der Waals surface area contributed by atoms with Gasteiger partial charge in [-0.05, 0) is 25.5 Å². The van der Waals surface area contributed by atoms with Crippen molar-refractivity contribution in [2.45, 2.75) is 32.8 Å². The second kappa shape index (κ2) is 6.63. The van der Waals surface area contributed by atoms with Gasteiger partial charge in [-0.25, -0.2) is 14.4 Å². The van der Waals surface area contributed by atoms with E-state index in [-0.39, 0.29) is 17.8 Å². The first-order valence-corrected chi connectivity index (χ1v) is 8.40. The van der Waals surface area contributed by atoms with Crippen LogP contribution in [0.25, 0.3) is 11.1 Å². The lowest BCUT2D eigenvalue weighted by Gasteiger charge is -2.40. The maximum Gasteiger partial charge on any atom is 0.178 e. The van der Waals surface area contributed by atoms with Gasteiger partial charge in [-0.3, -0.25) is 9.78 Å². The predicted molar refractivity (Wildman–Crippen MR) is 95.7 cm³/mol. The van der Waals surface area contributed by atoms with Crippen molar-refractivity contribution < 1.29 is 13.9 Å². The molecule has 1 unspecified atom stereocenters. The molecule has 2 aromatic rings. The molecule has 1 atom stereocenters. The largest absolute Gasteiger partial charge is 0.368 e. The zero-order valence-corrected chi connectivity index (χ0v) is 15.6. The Morgan fingerprint density at radius 3 is 2.48 bits per heavy atom. The van der Waals surface area contributed by atoms with E-state index in [9.17, 15) is 14.4 Å². The summed E-state index contributed by atoms with van der Waals surface area (Å²) in [5.74, 6) is -0.182. The molecule has 27 heavy (non-hydrogen) atoms. The minimum atomic E-state index is -1.16. The minimum Gasteiger partial charge on any atom is -0.368 e. The number of rotatable bonds is 3. The van der Waals surface area contributed by atoms with E-state index in [1.807, 2.05) is 6.07 Å². The van der Waals surface area contributed by atoms with Gasteiger partial charge >= 0.3 is 0 Å². The summed E-state index contributed by atoms with van der Waals surface area (Å²) < 4.78 is 19.8. The van der Waals surface area contributed by atoms with Gasteiger partial charge in [0.15, 0.2) is 5.78 Å². The molecule has 1 aliphatic carbocycles. The quantitative estimate of drug-likeness (QED) is 0.828. The summed E-state index contributed by atoms with van der Waals surface area (Å²) in [4.78, 5) is 25.1. The van der Waals surface area contributed by atoms with Gasteiger partial charge in [0.05, 0.1) is 17.5 Å². The van der Waals surface area contributed by atoms with Crippen LogP contribution in [-0.2, 0) is 15.1 Å². The summed E-state index contributed by atoms with van der Waals surface area (Å²) in [5.41, 5.74) is -0.558. The number of methoxy groups -OCH3 is 1. The summed E-state index contributed by atoms with van der Waals surface area (Å²) in [6.07, 6.45) is 6.01. The van der Waals surface area contributed by atoms with Crippen LogP contribution in [0.4, 0.5) is 4.39 Å². The molecule has 3 rings (SSSR count). The van der Waals surface area contributed by atoms with Gasteiger partial charge in [0.1, 0.15) is 23.3 Å². The molecule has 0 bridgehead atoms. The Hall–Kier alpha value is -2.98. The zero-order chi connectivity index (χ0) is 19.8. The third-order valence-electron chi connectivity index (χ3n) is 4.77. The Morgan fingerprint density at radius 2 is 1.89 bits per heavy atom. The highest BCUT2D eigenvalue weighted by molar-refractivity contribution is 6.04. The number of ether oxygens (including phenoxy) is 1. The molecular weight excluding hydrogens is 347 g/mol. The standard InChI is InChI=1S/C20H19FN4O2/c1-12-23-8-14(9-24-12)16-5-15(21)10-25-17(16)20(27-4)6-13(7-22)18(26)19(2,3)11-20/h5-6,8-10H,11H2,1-4H3. The molecule has 1 aliphatic rings. The van der Waals surface area contributed by atoms with E-state index >= 15 is 0 Å². The number of hydrogen-bond donors (Lipinski definition) is 0. The number of nitriles is 1. The number of nitrogens with zero attached hydrogens (tertiary/aromatic N) is 4. The van der Waals surface area contributed by atoms with Crippen molar-refractivity contribution in [1.29, 1.82) is 5.26 Å². The molecule has 0 saturated carbocycles. The summed E-state index contributed by atoms with van der Waals surface area (Å²) >= 11 is 0. The van der Waals surface area contributed by atoms with E-state index in [0.717, 1.165) is 6.20 Å². The number of carbonyl (C=O) groups is 1. The lowest BCUT2D eigenvalue weighted by atomic mass is 9.68. The molecule has 0 N–H and O–H groups in total. The molecular formula is C20H19FN4O2. The smallest absolute Gasteiger partial charge is 0.178 e. The first-order chi connectivity index (χ1) is 12.7. The van der Waals surface area contributed by atoms with E-state index in [0.29, 0.717) is 22.6 Å². The first-order valence-electron chi connectivity index (χ1n) is 8.40. The van der Waals surface area contributed by atoms with Crippen LogP contribution in [0.3, 0.4) is 0 Å². The molecule has 0 aliphatic heterocycles. The molecule has 6 nitrogen and oxygen atoms in total. The summed E-state index contributed by atoms with van der Waals surface area (Å²) in [6, 6.07) is 3.29. The van der Waals surface area contributed by atoms with Gasteiger partial charge in [-0.15, -0.1) is 0 Å². The number of halogens is 1. The third-order valence-corrected chi connectivity index (χ3v) is 4.77. The number of hydrogen-bond acceptors (Lipinski definition) is 6. The maximum atomic E-state index is 14.0. The molecule has 0 amide bonds. The molecule has 0 fully saturated rings. The van der Waals surface area contributed by atoms with E-state index in [2.05, 4.69) is 15.0 Å². The molecule has 0 saturated heterocycles. The van der Waals surface area contributed by atoms with Gasteiger partial charge in [0, 0.05) is 36.0 Å². The second-order valence-corrected chi connectivity index (χ2v) is 7.22. The monoisotopic (exact) mass is 366 g/mol. The van der Waals surface area contributed by atoms with Crippen molar-refractivity contribution in [3.63, 3.8) is 0 Å². The Labute approximate surface area is 156 Å². The SMILES string of the molecule is COC1(c2ncc(F)cc2-c2cnc(C)nc2)C=C(C#N)C(=O)C(C)(C)C1. The van der Waals surface area contributed by atoms with Crippen LogP contribution >= 0.6 is 0 Å². The van der Waals surface area contributed by atoms with Crippen molar-refractivity contribution >= 4 is 5.78 Å². The van der Waals surface area contributed by atoms with Crippen molar-refractivity contribution in [1.82, 2.24) is 15.0 Å². The van der Waals surface area contributed by atoms with Crippen LogP contribution in [0, 0.1) is 29.5 Å². The highest BCUT2D eigenvalue weighted by atomic mass is 19.1. The number of pyridine rings is 1. The van der Waals surface area contributed by atoms with Crippen molar-refractivity contribution in [2.75, 3.05) is 7.11 Å². The molecule has 0 radical (unpaired) electrons. The maximum absolute atomic E-state index is 14.0. The average Bonchev–Trinajstić information content (AvgIpc) is 2.64. The molecule has 0 aromatic carbocycles. The van der Waals surface area contributed by atoms with Gasteiger partial charge in [0.2, 0.25) is 0 Å². The normalized spacial score (nSPS) is 21.5. The molecule has 2 aromatic heterocycles. The first kappa shape index (κ1) is 18.8. The number of carbonyl (C=O) groups excluding carboxylic acids is 1. The third kappa shape index (κ3) is 3.24. The van der Waals surface area contributed by atoms with Crippen molar-refractivity contribution in [3.05, 3.63) is 53.6 Å². The van der Waals surface area contributed by atoms with Crippen molar-refractivity contribution in [2.24, 2.45) is 5.41 Å². The van der Waals surface area contributed by atoms with Crippen LogP contribution in [0.15, 0.2) is 36.3 Å². The van der Waals surface area contributed by atoms with Gasteiger partial charge in [-0.1, -0.05) is 13.8 Å². The summed E-state index contributed by atoms with van der Waals surface area (Å²) in [5, 5.41) is 9.43. The molecule has 2 heterocycles. The highest BCUT2D eigenvalue weighted by Crippen LogP contribution is 2.47. The lowest BCUT2D eigenvalue weighted by molar-refractivity contribution is -0.128.